The molecule has 0 bridgehead atoms. The molecule has 2 aliphatic rings. The zero-order valence-electron chi connectivity index (χ0n) is 14.7. The number of amides is 1. The van der Waals surface area contributed by atoms with Crippen molar-refractivity contribution >= 4 is 29.1 Å². The molecule has 1 aromatic heterocycles. The van der Waals surface area contributed by atoms with E-state index >= 15 is 0 Å². The lowest BCUT2D eigenvalue weighted by atomic mass is 9.93. The number of benzene rings is 1. The summed E-state index contributed by atoms with van der Waals surface area (Å²) in [5.74, 6) is 0.273. The predicted octanol–water partition coefficient (Wildman–Crippen LogP) is 5.11. The van der Waals surface area contributed by atoms with Crippen molar-refractivity contribution < 1.29 is 4.79 Å². The molecule has 0 radical (unpaired) electrons. The highest BCUT2D eigenvalue weighted by Gasteiger charge is 2.36. The van der Waals surface area contributed by atoms with Crippen molar-refractivity contribution in [2.75, 3.05) is 6.54 Å². The normalized spacial score (nSPS) is 21.5. The topological polar surface area (TPSA) is 49.0 Å². The minimum Gasteiger partial charge on any atom is -0.339 e. The lowest BCUT2D eigenvalue weighted by Gasteiger charge is -2.31. The van der Waals surface area contributed by atoms with Gasteiger partial charge in [-0.3, -0.25) is 9.89 Å². The van der Waals surface area contributed by atoms with E-state index < -0.39 is 0 Å². The fourth-order valence-corrected chi connectivity index (χ4v) is 4.97. The number of halogens is 2. The monoisotopic (exact) mass is 391 g/mol. The van der Waals surface area contributed by atoms with Crippen molar-refractivity contribution in [1.29, 1.82) is 0 Å². The lowest BCUT2D eigenvalue weighted by Crippen LogP contribution is -2.39. The number of rotatable bonds is 4. The van der Waals surface area contributed by atoms with Crippen molar-refractivity contribution in [3.8, 4) is 11.1 Å². The van der Waals surface area contributed by atoms with Gasteiger partial charge in [-0.1, -0.05) is 42.5 Å². The highest BCUT2D eigenvalue weighted by Crippen LogP contribution is 2.36. The molecule has 4 rings (SSSR count). The van der Waals surface area contributed by atoms with Crippen molar-refractivity contribution in [3.05, 3.63) is 40.1 Å². The van der Waals surface area contributed by atoms with Gasteiger partial charge in [-0.05, 0) is 48.9 Å². The van der Waals surface area contributed by atoms with Crippen molar-refractivity contribution in [2.24, 2.45) is 5.92 Å². The number of likely N-dealkylation sites (tertiary alicyclic amines) is 1. The second-order valence-electron chi connectivity index (χ2n) is 7.42. The number of nitrogens with one attached hydrogen (secondary N) is 1. The maximum Gasteiger partial charge on any atom is 0.226 e. The van der Waals surface area contributed by atoms with Gasteiger partial charge in [-0.2, -0.15) is 5.10 Å². The van der Waals surface area contributed by atoms with E-state index in [1.54, 1.807) is 6.20 Å². The van der Waals surface area contributed by atoms with E-state index in [0.717, 1.165) is 42.5 Å². The minimum absolute atomic E-state index is 0.00768. The molecule has 2 heterocycles. The number of hydrogen-bond donors (Lipinski definition) is 1. The molecule has 6 heteroatoms. The molecule has 1 N–H and O–H groups in total. The largest absolute Gasteiger partial charge is 0.339 e. The summed E-state index contributed by atoms with van der Waals surface area (Å²) in [7, 11) is 0. The van der Waals surface area contributed by atoms with E-state index in [9.17, 15) is 4.79 Å². The average molecular weight is 392 g/mol. The molecule has 2 fully saturated rings. The van der Waals surface area contributed by atoms with Gasteiger partial charge in [0.2, 0.25) is 5.91 Å². The third kappa shape index (κ3) is 3.49. The first-order valence-corrected chi connectivity index (χ1v) is 10.2. The first-order valence-electron chi connectivity index (χ1n) is 9.41. The first-order chi connectivity index (χ1) is 12.6. The minimum atomic E-state index is -0.00768. The van der Waals surface area contributed by atoms with Crippen LogP contribution in [0.5, 0.6) is 0 Å². The molecule has 1 amide bonds. The van der Waals surface area contributed by atoms with E-state index in [1.807, 2.05) is 18.3 Å². The third-order valence-corrected chi connectivity index (χ3v) is 6.46. The summed E-state index contributed by atoms with van der Waals surface area (Å²) in [4.78, 5) is 15.0. The van der Waals surface area contributed by atoms with Crippen molar-refractivity contribution in [2.45, 2.75) is 51.0 Å². The standard InChI is InChI=1S/C20H23Cl2N3O/c21-18-9-14(15-11-23-24-12-15)10-19(22)17(18)8-13-6-7-25(20(13)26)16-4-2-1-3-5-16/h9-13,16H,1-8H2,(H,23,24). The Kier molecular flexibility index (Phi) is 5.23. The Morgan fingerprint density at radius 1 is 1.08 bits per heavy atom. The van der Waals surface area contributed by atoms with Crippen LogP contribution in [-0.2, 0) is 11.2 Å². The van der Waals surface area contributed by atoms with Gasteiger partial charge in [0.15, 0.2) is 0 Å². The molecule has 4 nitrogen and oxygen atoms in total. The molecule has 0 spiro atoms. The van der Waals surface area contributed by atoms with Gasteiger partial charge < -0.3 is 4.90 Å². The van der Waals surface area contributed by atoms with E-state index in [-0.39, 0.29) is 11.8 Å². The van der Waals surface area contributed by atoms with Gasteiger partial charge in [-0.25, -0.2) is 0 Å². The van der Waals surface area contributed by atoms with E-state index in [1.165, 1.54) is 19.3 Å². The second-order valence-corrected chi connectivity index (χ2v) is 8.23. The smallest absolute Gasteiger partial charge is 0.226 e. The molecule has 1 aromatic carbocycles. The molecule has 1 aliphatic heterocycles. The Bertz CT molecular complexity index is 761. The van der Waals surface area contributed by atoms with Crippen LogP contribution in [-0.4, -0.2) is 33.6 Å². The van der Waals surface area contributed by atoms with Gasteiger partial charge in [0.25, 0.3) is 0 Å². The first kappa shape index (κ1) is 17.9. The summed E-state index contributed by atoms with van der Waals surface area (Å²) in [6, 6.07) is 4.26. The summed E-state index contributed by atoms with van der Waals surface area (Å²) in [5.41, 5.74) is 2.75. The fourth-order valence-electron chi connectivity index (χ4n) is 4.33. The van der Waals surface area contributed by atoms with Gasteiger partial charge in [0, 0.05) is 40.3 Å². The molecule has 2 aromatic rings. The Morgan fingerprint density at radius 3 is 2.46 bits per heavy atom. The number of aromatic amines is 1. The van der Waals surface area contributed by atoms with Crippen LogP contribution >= 0.6 is 23.2 Å². The quantitative estimate of drug-likeness (QED) is 0.786. The number of nitrogens with zero attached hydrogens (tertiary/aromatic N) is 2. The van der Waals surface area contributed by atoms with Crippen LogP contribution in [0.15, 0.2) is 24.5 Å². The van der Waals surface area contributed by atoms with Crippen LogP contribution in [0.4, 0.5) is 0 Å². The third-order valence-electron chi connectivity index (χ3n) is 5.79. The van der Waals surface area contributed by atoms with Gasteiger partial charge >= 0.3 is 0 Å². The molecule has 26 heavy (non-hydrogen) atoms. The van der Waals surface area contributed by atoms with Gasteiger partial charge in [-0.15, -0.1) is 0 Å². The lowest BCUT2D eigenvalue weighted by molar-refractivity contribution is -0.133. The zero-order valence-corrected chi connectivity index (χ0v) is 16.2. The Balaban J connectivity index is 1.50. The number of aromatic nitrogens is 2. The Hall–Kier alpha value is -1.52. The Labute approximate surface area is 163 Å². The molecular weight excluding hydrogens is 369 g/mol. The number of hydrogen-bond acceptors (Lipinski definition) is 2. The van der Waals surface area contributed by atoms with Crippen LogP contribution in [0.2, 0.25) is 10.0 Å². The predicted molar refractivity (Wildman–Crippen MR) is 104 cm³/mol. The van der Waals surface area contributed by atoms with Crippen molar-refractivity contribution in [1.82, 2.24) is 15.1 Å². The average Bonchev–Trinajstić information content (AvgIpc) is 3.29. The van der Waals surface area contributed by atoms with E-state index in [2.05, 4.69) is 15.1 Å². The summed E-state index contributed by atoms with van der Waals surface area (Å²) >= 11 is 13.0. The van der Waals surface area contributed by atoms with Crippen LogP contribution in [0.1, 0.15) is 44.1 Å². The molecule has 1 saturated carbocycles. The summed E-state index contributed by atoms with van der Waals surface area (Å²) < 4.78 is 0. The van der Waals surface area contributed by atoms with Crippen LogP contribution in [0.25, 0.3) is 11.1 Å². The van der Waals surface area contributed by atoms with E-state index in [0.29, 0.717) is 22.5 Å². The fraction of sp³-hybridized carbons (Fsp3) is 0.500. The number of H-pyrrole nitrogens is 1. The van der Waals surface area contributed by atoms with Crippen LogP contribution < -0.4 is 0 Å². The maximum absolute atomic E-state index is 12.9. The molecule has 1 unspecified atom stereocenters. The highest BCUT2D eigenvalue weighted by molar-refractivity contribution is 6.36. The number of carbonyl (C=O) groups is 1. The zero-order chi connectivity index (χ0) is 18.1. The van der Waals surface area contributed by atoms with Gasteiger partial charge in [0.1, 0.15) is 0 Å². The number of carbonyl (C=O) groups excluding carboxylic acids is 1. The highest BCUT2D eigenvalue weighted by atomic mass is 35.5. The van der Waals surface area contributed by atoms with E-state index in [4.69, 9.17) is 23.2 Å². The Morgan fingerprint density at radius 2 is 1.81 bits per heavy atom. The van der Waals surface area contributed by atoms with Gasteiger partial charge in [0.05, 0.1) is 6.20 Å². The van der Waals surface area contributed by atoms with Crippen LogP contribution in [0.3, 0.4) is 0 Å². The second kappa shape index (κ2) is 7.61. The molecule has 1 aliphatic carbocycles. The molecule has 1 atom stereocenters. The molecular formula is C20H23Cl2N3O. The van der Waals surface area contributed by atoms with Crippen LogP contribution in [0, 0.1) is 5.92 Å². The SMILES string of the molecule is O=C1C(Cc2c(Cl)cc(-c3cn[nH]c3)cc2Cl)CCN1C1CCCCC1. The summed E-state index contributed by atoms with van der Waals surface area (Å²) in [6.45, 7) is 0.872. The maximum atomic E-state index is 12.9. The van der Waals surface area contributed by atoms with Crippen molar-refractivity contribution in [3.63, 3.8) is 0 Å². The summed E-state index contributed by atoms with van der Waals surface area (Å²) in [5, 5.41) is 8.01. The molecule has 138 valence electrons. The molecule has 1 saturated heterocycles. The summed E-state index contributed by atoms with van der Waals surface area (Å²) in [6.07, 6.45) is 11.2.